The maximum atomic E-state index is 11.2. The van der Waals surface area contributed by atoms with Crippen LogP contribution in [0.1, 0.15) is 32.4 Å². The molecule has 0 fully saturated rings. The molecule has 2 N–H and O–H groups in total. The van der Waals surface area contributed by atoms with Gasteiger partial charge >= 0.3 is 6.03 Å². The smallest absolute Gasteiger partial charge is 0.320 e. The molecule has 2 heterocycles. The van der Waals surface area contributed by atoms with Gasteiger partial charge < -0.3 is 9.73 Å². The summed E-state index contributed by atoms with van der Waals surface area (Å²) in [4.78, 5) is 19.6. The van der Waals surface area contributed by atoms with Gasteiger partial charge in [0.25, 0.3) is 0 Å². The van der Waals surface area contributed by atoms with E-state index in [1.165, 1.54) is 11.3 Å². The number of thiazole rings is 1. The van der Waals surface area contributed by atoms with Gasteiger partial charge in [-0.05, 0) is 0 Å². The first kappa shape index (κ1) is 15.8. The number of hydrogen-bond donors (Lipinski definition) is 2. The number of thioether (sulfide) groups is 1. The summed E-state index contributed by atoms with van der Waals surface area (Å²) in [6.07, 6.45) is 3.51. The molecule has 0 aromatic carbocycles. The molecule has 0 aliphatic carbocycles. The summed E-state index contributed by atoms with van der Waals surface area (Å²) in [5.74, 6) is 2.21. The largest absolute Gasteiger partial charge is 0.444 e. The number of hydrogen-bond acceptors (Lipinski definition) is 6. The first-order valence-corrected chi connectivity index (χ1v) is 8.21. The molecular weight excluding hydrogens is 308 g/mol. The van der Waals surface area contributed by atoms with Crippen LogP contribution in [0, 0.1) is 0 Å². The van der Waals surface area contributed by atoms with Crippen molar-refractivity contribution in [3.63, 3.8) is 0 Å². The lowest BCUT2D eigenvalue weighted by molar-refractivity contribution is 0.254. The van der Waals surface area contributed by atoms with Crippen LogP contribution in [0.15, 0.2) is 21.0 Å². The quantitative estimate of drug-likeness (QED) is 0.841. The first-order chi connectivity index (χ1) is 9.88. The van der Waals surface area contributed by atoms with E-state index in [0.29, 0.717) is 16.8 Å². The number of carbonyl (C=O) groups is 1. The van der Waals surface area contributed by atoms with Crippen molar-refractivity contribution in [3.8, 4) is 0 Å². The number of nitrogens with one attached hydrogen (secondary N) is 2. The Bertz CT molecular complexity index is 616. The number of nitrogens with zero attached hydrogens (tertiary/aromatic N) is 2. The van der Waals surface area contributed by atoms with Gasteiger partial charge in [0.2, 0.25) is 5.89 Å². The maximum absolute atomic E-state index is 11.2. The van der Waals surface area contributed by atoms with Crippen molar-refractivity contribution >= 4 is 34.3 Å². The molecule has 2 amide bonds. The third-order valence-electron chi connectivity index (χ3n) is 2.56. The lowest BCUT2D eigenvalue weighted by atomic mass is 9.94. The second kappa shape index (κ2) is 6.48. The number of urea groups is 1. The number of oxazole rings is 1. The zero-order chi connectivity index (χ0) is 15.5. The molecule has 6 nitrogen and oxygen atoms in total. The van der Waals surface area contributed by atoms with E-state index in [4.69, 9.17) is 4.42 Å². The van der Waals surface area contributed by atoms with Crippen LogP contribution in [-0.2, 0) is 11.2 Å². The monoisotopic (exact) mass is 326 g/mol. The van der Waals surface area contributed by atoms with E-state index in [1.54, 1.807) is 31.2 Å². The topological polar surface area (TPSA) is 80.0 Å². The highest BCUT2D eigenvalue weighted by atomic mass is 32.2. The molecule has 8 heteroatoms. The molecule has 0 saturated heterocycles. The molecule has 2 rings (SSSR count). The highest BCUT2D eigenvalue weighted by Gasteiger charge is 2.19. The molecule has 0 atom stereocenters. The minimum absolute atomic E-state index is 0.0367. The van der Waals surface area contributed by atoms with Gasteiger partial charge in [-0.25, -0.2) is 14.8 Å². The zero-order valence-corrected chi connectivity index (χ0v) is 14.0. The van der Waals surface area contributed by atoms with E-state index in [2.05, 4.69) is 41.4 Å². The Morgan fingerprint density at radius 3 is 2.76 bits per heavy atom. The number of aromatic nitrogens is 2. The number of rotatable bonds is 4. The second-order valence-electron chi connectivity index (χ2n) is 5.35. The molecule has 0 spiro atoms. The standard InChI is InChI=1S/C13H18N4O2S2/c1-13(2,3)8-5-15-9(19-8)7-20-10-6-16-12(21-10)17-11(18)14-4/h5-6H,7H2,1-4H3,(H2,14,16,17,18). The number of amides is 2. The molecule has 0 bridgehead atoms. The Morgan fingerprint density at radius 1 is 1.38 bits per heavy atom. The highest BCUT2D eigenvalue weighted by molar-refractivity contribution is 8.00. The Kier molecular flexibility index (Phi) is 4.89. The van der Waals surface area contributed by atoms with Gasteiger partial charge in [0.05, 0.1) is 22.4 Å². The fraction of sp³-hybridized carbons (Fsp3) is 0.462. The van der Waals surface area contributed by atoms with Crippen LogP contribution >= 0.6 is 23.1 Å². The molecule has 0 aliphatic heterocycles. The highest BCUT2D eigenvalue weighted by Crippen LogP contribution is 2.31. The SMILES string of the molecule is CNC(=O)Nc1ncc(SCc2ncc(C(C)(C)C)o2)s1. The molecule has 2 aromatic rings. The maximum Gasteiger partial charge on any atom is 0.320 e. The Hall–Kier alpha value is -1.54. The second-order valence-corrected chi connectivity index (χ2v) is 7.65. The van der Waals surface area contributed by atoms with Crippen molar-refractivity contribution in [2.75, 3.05) is 12.4 Å². The summed E-state index contributed by atoms with van der Waals surface area (Å²) in [6, 6.07) is -0.275. The Labute approximate surface area is 131 Å². The number of carbonyl (C=O) groups excluding carboxylic acids is 1. The van der Waals surface area contributed by atoms with Crippen LogP contribution in [0.3, 0.4) is 0 Å². The van der Waals surface area contributed by atoms with Crippen molar-refractivity contribution in [1.29, 1.82) is 0 Å². The predicted octanol–water partition coefficient (Wildman–Crippen LogP) is 3.47. The van der Waals surface area contributed by atoms with Gasteiger partial charge in [-0.1, -0.05) is 32.1 Å². The van der Waals surface area contributed by atoms with Gasteiger partial charge in [0, 0.05) is 12.5 Å². The van der Waals surface area contributed by atoms with E-state index >= 15 is 0 Å². The third kappa shape index (κ3) is 4.47. The van der Waals surface area contributed by atoms with E-state index in [9.17, 15) is 4.79 Å². The van der Waals surface area contributed by atoms with Crippen molar-refractivity contribution in [1.82, 2.24) is 15.3 Å². The minimum Gasteiger partial charge on any atom is -0.444 e. The van der Waals surface area contributed by atoms with Gasteiger partial charge in [0.15, 0.2) is 5.13 Å². The van der Waals surface area contributed by atoms with E-state index in [-0.39, 0.29) is 11.4 Å². The summed E-state index contributed by atoms with van der Waals surface area (Å²) in [7, 11) is 1.56. The summed E-state index contributed by atoms with van der Waals surface area (Å²) >= 11 is 3.00. The molecule has 0 radical (unpaired) electrons. The van der Waals surface area contributed by atoms with Crippen molar-refractivity contribution in [2.45, 2.75) is 36.1 Å². The van der Waals surface area contributed by atoms with Crippen LogP contribution in [0.5, 0.6) is 0 Å². The molecular formula is C13H18N4O2S2. The van der Waals surface area contributed by atoms with Crippen molar-refractivity contribution < 1.29 is 9.21 Å². The first-order valence-electron chi connectivity index (χ1n) is 6.41. The van der Waals surface area contributed by atoms with Crippen molar-refractivity contribution in [2.24, 2.45) is 0 Å². The minimum atomic E-state index is -0.275. The fourth-order valence-electron chi connectivity index (χ4n) is 1.40. The van der Waals surface area contributed by atoms with Crippen LogP contribution in [0.25, 0.3) is 0 Å². The summed E-state index contributed by atoms with van der Waals surface area (Å²) in [5.41, 5.74) is -0.0367. The average Bonchev–Trinajstić information content (AvgIpc) is 3.04. The van der Waals surface area contributed by atoms with Gasteiger partial charge in [-0.15, -0.1) is 11.8 Å². The Morgan fingerprint density at radius 2 is 2.14 bits per heavy atom. The van der Waals surface area contributed by atoms with Crippen LogP contribution in [0.2, 0.25) is 0 Å². The lowest BCUT2D eigenvalue weighted by Crippen LogP contribution is -2.24. The summed E-state index contributed by atoms with van der Waals surface area (Å²) < 4.78 is 6.73. The van der Waals surface area contributed by atoms with Gasteiger partial charge in [0.1, 0.15) is 5.76 Å². The fourth-order valence-corrected chi connectivity index (χ4v) is 3.12. The normalized spacial score (nSPS) is 11.4. The zero-order valence-electron chi connectivity index (χ0n) is 12.4. The molecule has 21 heavy (non-hydrogen) atoms. The predicted molar refractivity (Wildman–Crippen MR) is 85.0 cm³/mol. The van der Waals surface area contributed by atoms with E-state index < -0.39 is 0 Å². The Balaban J connectivity index is 1.91. The van der Waals surface area contributed by atoms with E-state index in [0.717, 1.165) is 9.97 Å². The van der Waals surface area contributed by atoms with Crippen LogP contribution in [-0.4, -0.2) is 23.0 Å². The molecule has 0 unspecified atom stereocenters. The molecule has 2 aromatic heterocycles. The molecule has 0 saturated carbocycles. The number of anilines is 1. The third-order valence-corrected chi connectivity index (χ3v) is 4.65. The van der Waals surface area contributed by atoms with E-state index in [1.807, 2.05) is 0 Å². The average molecular weight is 326 g/mol. The molecule has 0 aliphatic rings. The summed E-state index contributed by atoms with van der Waals surface area (Å²) in [5, 5.41) is 5.69. The molecule has 114 valence electrons. The van der Waals surface area contributed by atoms with Crippen LogP contribution in [0.4, 0.5) is 9.93 Å². The lowest BCUT2D eigenvalue weighted by Gasteiger charge is -2.12. The summed E-state index contributed by atoms with van der Waals surface area (Å²) in [6.45, 7) is 6.26. The van der Waals surface area contributed by atoms with Crippen molar-refractivity contribution in [3.05, 3.63) is 24.0 Å². The van der Waals surface area contributed by atoms with Gasteiger partial charge in [-0.3, -0.25) is 5.32 Å². The van der Waals surface area contributed by atoms with Gasteiger partial charge in [-0.2, -0.15) is 0 Å². The van der Waals surface area contributed by atoms with Crippen LogP contribution < -0.4 is 10.6 Å².